The Morgan fingerprint density at radius 1 is 0.788 bits per heavy atom. The average Bonchev–Trinajstić information content (AvgIpc) is 3.59. The van der Waals surface area contributed by atoms with E-state index in [9.17, 15) is 36.9 Å². The molecule has 3 amide bonds. The van der Waals surface area contributed by atoms with Crippen LogP contribution in [0.5, 0.6) is 0 Å². The summed E-state index contributed by atoms with van der Waals surface area (Å²) < 4.78 is 45.2. The number of allylic oxidation sites excluding steroid dienone is 1. The van der Waals surface area contributed by atoms with Crippen LogP contribution >= 0.6 is 137 Å². The molecule has 1 fully saturated rings. The summed E-state index contributed by atoms with van der Waals surface area (Å²) in [6.07, 6.45) is 17.7. The second kappa shape index (κ2) is 72.4. The number of carbonyl (C=O) groups is 5. The van der Waals surface area contributed by atoms with Gasteiger partial charge in [-0.05, 0) is 101 Å². The van der Waals surface area contributed by atoms with Gasteiger partial charge in [-0.1, -0.05) is 193 Å². The first kappa shape index (κ1) is 80.9. The Bertz CT molecular complexity index is 1220. The number of nitriles is 1. The van der Waals surface area contributed by atoms with Crippen molar-refractivity contribution in [3.8, 4) is 5.40 Å². The fraction of sp³-hybridized carbons (Fsp3) is 0.818. The number of ether oxygens (including phenoxy) is 2. The molecule has 0 aromatic heterocycles. The van der Waals surface area contributed by atoms with E-state index in [1.165, 1.54) is 52.7 Å². The third kappa shape index (κ3) is 91.2. The molecule has 0 aliphatic carbocycles. The molecule has 1 aliphatic heterocycles. The summed E-state index contributed by atoms with van der Waals surface area (Å²) in [5, 5.41) is 13.3. The lowest BCUT2D eigenvalue weighted by Crippen LogP contribution is -2.31. The predicted octanol–water partition coefficient (Wildman–Crippen LogP) is 12.9. The van der Waals surface area contributed by atoms with Crippen LogP contribution in [0.15, 0.2) is 12.3 Å². The fourth-order valence-electron chi connectivity index (χ4n) is 3.32. The van der Waals surface area contributed by atoms with Crippen molar-refractivity contribution in [1.82, 2.24) is 10.4 Å². The van der Waals surface area contributed by atoms with Crippen molar-refractivity contribution in [1.29, 1.82) is 5.26 Å². The highest BCUT2D eigenvalue weighted by Gasteiger charge is 2.32. The topological polar surface area (TPSA) is 209 Å². The second-order valence-corrected chi connectivity index (χ2v) is 21.5. The monoisotopic (exact) mass is 1560 g/mol. The van der Waals surface area contributed by atoms with Crippen LogP contribution in [0.3, 0.4) is 0 Å². The number of nitrogens with zero attached hydrogens (tertiary/aromatic N) is 2. The zero-order valence-corrected chi connectivity index (χ0v) is 53.9. The van der Waals surface area contributed by atoms with Gasteiger partial charge >= 0.3 is 5.97 Å². The van der Waals surface area contributed by atoms with E-state index >= 15 is 0 Å². The molecule has 0 atom stereocenters. The Hall–Kier alpha value is 0.840. The highest BCUT2D eigenvalue weighted by atomic mass is 127. The van der Waals surface area contributed by atoms with Gasteiger partial charge in [0.1, 0.15) is 5.40 Å². The SMILES string of the molecule is C=C(C)OCCCI.CCCCCC(=O)ON1C(=O)CCC1=O.CCCCI.CCCCI.CCCCNC(=O)CS.CCCCSC#N.O=COCCCCI.O=S(=O)([O-])CCCCI. The fourth-order valence-corrected chi connectivity index (χ4v) is 7.43. The number of hydroxylamine groups is 2. The van der Waals surface area contributed by atoms with Crippen molar-refractivity contribution in [2.45, 2.75) is 164 Å². The lowest BCUT2D eigenvalue weighted by Gasteiger charge is -2.12. The molecule has 0 unspecified atom stereocenters. The first-order chi connectivity index (χ1) is 31.4. The molecule has 0 aromatic rings. The molecular weight excluding hydrogens is 1480 g/mol. The summed E-state index contributed by atoms with van der Waals surface area (Å²) in [4.78, 5) is 58.1. The largest absolute Gasteiger partial charge is 0.748 e. The molecule has 14 nitrogen and oxygen atoms in total. The number of rotatable bonds is 29. The van der Waals surface area contributed by atoms with Crippen LogP contribution in [0, 0.1) is 10.7 Å². The normalized spacial score (nSPS) is 10.7. The zero-order valence-electron chi connectivity index (χ0n) is 40.5. The van der Waals surface area contributed by atoms with Gasteiger partial charge in [0.2, 0.25) is 5.91 Å². The summed E-state index contributed by atoms with van der Waals surface area (Å²) in [6.45, 7) is 18.8. The molecule has 1 rings (SSSR count). The molecule has 0 radical (unpaired) electrons. The first-order valence-corrected chi connectivity index (χ1v) is 33.3. The number of alkyl halides is 5. The molecule has 0 spiro atoms. The lowest BCUT2D eigenvalue weighted by molar-refractivity contribution is -0.197. The number of thioether (sulfide) groups is 1. The van der Waals surface area contributed by atoms with Gasteiger partial charge in [0.15, 0.2) is 0 Å². The molecule has 0 aromatic carbocycles. The van der Waals surface area contributed by atoms with Gasteiger partial charge in [-0.15, -0.1) is 5.06 Å². The van der Waals surface area contributed by atoms with Crippen molar-refractivity contribution < 1.29 is 51.3 Å². The van der Waals surface area contributed by atoms with Crippen LogP contribution in [0.4, 0.5) is 0 Å². The Kier molecular flexibility index (Phi) is 88.7. The number of unbranched alkanes of at least 4 members (excludes halogenated alkanes) is 8. The molecule has 1 N–H and O–H groups in total. The maximum atomic E-state index is 11.2. The van der Waals surface area contributed by atoms with Crippen molar-refractivity contribution in [2.75, 3.05) is 59.2 Å². The molecule has 66 heavy (non-hydrogen) atoms. The Morgan fingerprint density at radius 3 is 1.65 bits per heavy atom. The minimum atomic E-state index is -3.95. The van der Waals surface area contributed by atoms with E-state index in [2.05, 4.69) is 175 Å². The van der Waals surface area contributed by atoms with Crippen molar-refractivity contribution in [3.05, 3.63) is 12.3 Å². The van der Waals surface area contributed by atoms with Gasteiger partial charge < -0.3 is 24.2 Å². The highest BCUT2D eigenvalue weighted by molar-refractivity contribution is 14.1. The number of thiol groups is 1. The van der Waals surface area contributed by atoms with E-state index in [0.29, 0.717) is 30.3 Å². The second-order valence-electron chi connectivity index (χ2n) is 13.4. The van der Waals surface area contributed by atoms with Gasteiger partial charge in [-0.25, -0.2) is 13.2 Å². The van der Waals surface area contributed by atoms with Crippen molar-refractivity contribution >= 4 is 178 Å². The number of hydrogen-bond acceptors (Lipinski definition) is 14. The van der Waals surface area contributed by atoms with Crippen LogP contribution < -0.4 is 5.32 Å². The van der Waals surface area contributed by atoms with Crippen LogP contribution in [0.2, 0.25) is 0 Å². The summed E-state index contributed by atoms with van der Waals surface area (Å²) >= 11 is 16.7. The van der Waals surface area contributed by atoms with Gasteiger partial charge in [0.05, 0.1) is 34.8 Å². The maximum Gasteiger partial charge on any atom is 0.333 e. The summed E-state index contributed by atoms with van der Waals surface area (Å²) in [7, 11) is -3.95. The summed E-state index contributed by atoms with van der Waals surface area (Å²) in [6, 6.07) is 0. The third-order valence-electron chi connectivity index (χ3n) is 6.94. The summed E-state index contributed by atoms with van der Waals surface area (Å²) in [5.41, 5.74) is 0. The smallest absolute Gasteiger partial charge is 0.333 e. The highest BCUT2D eigenvalue weighted by Crippen LogP contribution is 2.13. The number of thiocyanates is 1. The maximum absolute atomic E-state index is 11.2. The molecule has 1 saturated heterocycles. The number of nitrogens with one attached hydrogen (secondary N) is 1. The van der Waals surface area contributed by atoms with Crippen LogP contribution in [0.1, 0.15) is 164 Å². The van der Waals surface area contributed by atoms with E-state index in [4.69, 9.17) is 10.00 Å². The van der Waals surface area contributed by atoms with Gasteiger partial charge in [-0.2, -0.15) is 17.9 Å². The summed E-state index contributed by atoms with van der Waals surface area (Å²) in [5.74, 6) is 0.550. The lowest BCUT2D eigenvalue weighted by atomic mass is 10.2. The van der Waals surface area contributed by atoms with Gasteiger partial charge in [0.25, 0.3) is 18.3 Å². The number of amides is 3. The van der Waals surface area contributed by atoms with Gasteiger partial charge in [-0.3, -0.25) is 19.2 Å². The molecule has 1 heterocycles. The quantitative estimate of drug-likeness (QED) is 0.00823. The average molecular weight is 1560 g/mol. The van der Waals surface area contributed by atoms with E-state index < -0.39 is 27.9 Å². The Balaban J connectivity index is -0.000000124. The van der Waals surface area contributed by atoms with E-state index in [0.717, 1.165) is 102 Å². The molecule has 22 heteroatoms. The molecule has 1 aliphatic rings. The third-order valence-corrected chi connectivity index (χ3v) is 12.4. The van der Waals surface area contributed by atoms with Crippen LogP contribution in [-0.2, 0) is 48.4 Å². The number of carbonyl (C=O) groups excluding carboxylic acids is 5. The van der Waals surface area contributed by atoms with Crippen molar-refractivity contribution in [3.63, 3.8) is 0 Å². The molecule has 0 saturated carbocycles. The standard InChI is InChI=1S/C10H15NO4.C6H11IO.C6H13NOS.C5H9IO2.C5H9NS.C4H9IO3S.2C4H9I/c1-2-3-4-5-10(14)15-11-8(12)6-7-9(11)13;1-6(2)8-5-3-4-7;1-2-3-4-7-6(8)5-9;6-3-1-2-4-8-5-7;1-2-3-4-7-5-6;5-3-1-2-4-9(6,7)8;2*1-2-3-4-5/h2-7H2,1H3;1,3-5H2,2H3;9H,2-5H2,1H3,(H,7,8);5H,1-4H2;2-4H2,1H3;1-4H2,(H,6,7,8);2*2-4H2,1H3/p-1. The Labute approximate surface area is 479 Å². The van der Waals surface area contributed by atoms with Crippen LogP contribution in [0.25, 0.3) is 0 Å². The van der Waals surface area contributed by atoms with Gasteiger partial charge in [0, 0.05) is 41.7 Å². The zero-order chi connectivity index (χ0) is 52.1. The number of imide groups is 1. The van der Waals surface area contributed by atoms with E-state index in [1.807, 2.05) is 19.2 Å². The first-order valence-electron chi connectivity index (χ1n) is 22.5. The minimum Gasteiger partial charge on any atom is -0.748 e. The van der Waals surface area contributed by atoms with Crippen LogP contribution in [-0.4, -0.2) is 107 Å². The number of halogens is 5. The predicted molar refractivity (Wildman–Crippen MR) is 321 cm³/mol. The minimum absolute atomic E-state index is 0.0202. The molecule has 394 valence electrons. The molecular formula is C44H83I5N3O11S3-. The Morgan fingerprint density at radius 2 is 1.27 bits per heavy atom. The van der Waals surface area contributed by atoms with Crippen molar-refractivity contribution in [2.24, 2.45) is 0 Å². The number of hydrogen-bond donors (Lipinski definition) is 2. The van der Waals surface area contributed by atoms with E-state index in [1.54, 1.807) is 0 Å². The molecule has 0 bridgehead atoms. The van der Waals surface area contributed by atoms with E-state index in [-0.39, 0.29) is 30.9 Å².